The van der Waals surface area contributed by atoms with Gasteiger partial charge in [0.1, 0.15) is 0 Å². The van der Waals surface area contributed by atoms with Gasteiger partial charge in [0.15, 0.2) is 0 Å². The van der Waals surface area contributed by atoms with Gasteiger partial charge in [0.25, 0.3) is 0 Å². The van der Waals surface area contributed by atoms with Crippen LogP contribution in [0.5, 0.6) is 0 Å². The second-order valence-electron chi connectivity index (χ2n) is 14.5. The van der Waals surface area contributed by atoms with E-state index in [0.29, 0.717) is 0 Å². The molecule has 2 nitrogen and oxygen atoms in total. The maximum Gasteiger partial charge on any atom is 0.0618 e. The van der Waals surface area contributed by atoms with Crippen molar-refractivity contribution in [1.29, 1.82) is 0 Å². The van der Waals surface area contributed by atoms with Gasteiger partial charge in [0.05, 0.1) is 11.4 Å². The average Bonchev–Trinajstić information content (AvgIpc) is 3.61. The molecule has 1 aliphatic rings. The fourth-order valence-corrected chi connectivity index (χ4v) is 8.89. The molecular weight excluding hydrogens is 665 g/mol. The van der Waals surface area contributed by atoms with Gasteiger partial charge in [-0.05, 0) is 111 Å². The van der Waals surface area contributed by atoms with Crippen molar-refractivity contribution >= 4 is 77.2 Å². The van der Waals surface area contributed by atoms with Gasteiger partial charge in [-0.25, -0.2) is 0 Å². The van der Waals surface area contributed by atoms with E-state index < -0.39 is 0 Å². The molecule has 55 heavy (non-hydrogen) atoms. The van der Waals surface area contributed by atoms with Crippen molar-refractivity contribution in [3.63, 3.8) is 0 Å². The van der Waals surface area contributed by atoms with E-state index in [2.05, 4.69) is 216 Å². The highest BCUT2D eigenvalue weighted by molar-refractivity contribution is 6.15. The van der Waals surface area contributed by atoms with Gasteiger partial charge < -0.3 is 9.80 Å². The van der Waals surface area contributed by atoms with Crippen LogP contribution in [0.4, 0.5) is 34.1 Å². The molecule has 0 bridgehead atoms. The molecule has 1 aliphatic carbocycles. The molecule has 0 fully saturated rings. The molecule has 0 N–H and O–H groups in total. The molecule has 0 saturated heterocycles. The Balaban J connectivity index is 1.06. The van der Waals surface area contributed by atoms with Gasteiger partial charge in [-0.1, -0.05) is 146 Å². The van der Waals surface area contributed by atoms with Crippen molar-refractivity contribution in [2.75, 3.05) is 9.80 Å². The standard InChI is InChI=1S/C53H36N2/c1-3-19-42(20-4-1)54(52-48-23-11-7-15-36(48)31-37-16-8-12-24-49(37)52)44-27-29-46-40(34-44)33-41-35-45(28-30-47(41)46)55(43-21-5-2-6-22-43)53-50-25-13-9-17-38(50)32-39-18-10-14-26-51(39)53/h1-32,34-35H,33H2. The van der Waals surface area contributed by atoms with Crippen molar-refractivity contribution in [2.24, 2.45) is 0 Å². The van der Waals surface area contributed by atoms with Crippen LogP contribution in [-0.4, -0.2) is 0 Å². The summed E-state index contributed by atoms with van der Waals surface area (Å²) in [5, 5.41) is 9.89. The van der Waals surface area contributed by atoms with Crippen molar-refractivity contribution in [2.45, 2.75) is 6.42 Å². The molecule has 0 saturated carbocycles. The van der Waals surface area contributed by atoms with E-state index in [1.54, 1.807) is 0 Å². The van der Waals surface area contributed by atoms with E-state index in [-0.39, 0.29) is 0 Å². The lowest BCUT2D eigenvalue weighted by Crippen LogP contribution is -2.11. The third-order valence-electron chi connectivity index (χ3n) is 11.3. The number of fused-ring (bicyclic) bond motifs is 7. The molecule has 10 aromatic carbocycles. The minimum absolute atomic E-state index is 0.865. The lowest BCUT2D eigenvalue weighted by Gasteiger charge is -2.29. The number of hydrogen-bond acceptors (Lipinski definition) is 2. The van der Waals surface area contributed by atoms with Gasteiger partial charge in [-0.3, -0.25) is 0 Å². The minimum Gasteiger partial charge on any atom is -0.309 e. The first-order chi connectivity index (χ1) is 27.3. The summed E-state index contributed by atoms with van der Waals surface area (Å²) in [7, 11) is 0. The van der Waals surface area contributed by atoms with Crippen molar-refractivity contribution in [3.05, 3.63) is 217 Å². The predicted molar refractivity (Wildman–Crippen MR) is 234 cm³/mol. The van der Waals surface area contributed by atoms with Gasteiger partial charge in [-0.15, -0.1) is 0 Å². The Labute approximate surface area is 320 Å². The Hall–Kier alpha value is -7.16. The number of hydrogen-bond donors (Lipinski definition) is 0. The van der Waals surface area contributed by atoms with Crippen LogP contribution in [0.2, 0.25) is 0 Å². The third-order valence-corrected chi connectivity index (χ3v) is 11.3. The Kier molecular flexibility index (Phi) is 7.28. The Bertz CT molecular complexity index is 2760. The normalized spacial score (nSPS) is 11.9. The maximum atomic E-state index is 2.46. The predicted octanol–water partition coefficient (Wildman–Crippen LogP) is 14.8. The van der Waals surface area contributed by atoms with Crippen LogP contribution in [0.25, 0.3) is 54.2 Å². The molecule has 0 atom stereocenters. The Morgan fingerprint density at radius 3 is 0.964 bits per heavy atom. The molecular formula is C53H36N2. The van der Waals surface area contributed by atoms with E-state index in [1.807, 2.05) is 0 Å². The van der Waals surface area contributed by atoms with Crippen LogP contribution in [-0.2, 0) is 6.42 Å². The second-order valence-corrected chi connectivity index (χ2v) is 14.5. The molecule has 258 valence electrons. The average molecular weight is 701 g/mol. The van der Waals surface area contributed by atoms with E-state index in [0.717, 1.165) is 29.2 Å². The van der Waals surface area contributed by atoms with Crippen molar-refractivity contribution in [3.8, 4) is 11.1 Å². The van der Waals surface area contributed by atoms with Gasteiger partial charge in [0, 0.05) is 44.3 Å². The molecule has 2 heteroatoms. The summed E-state index contributed by atoms with van der Waals surface area (Å²) in [6, 6.07) is 75.5. The van der Waals surface area contributed by atoms with Crippen LogP contribution in [0.3, 0.4) is 0 Å². The number of rotatable bonds is 6. The fraction of sp³-hybridized carbons (Fsp3) is 0.0189. The first-order valence-electron chi connectivity index (χ1n) is 19.1. The summed E-state index contributed by atoms with van der Waals surface area (Å²) in [5.74, 6) is 0. The SMILES string of the molecule is c1ccc(N(c2ccc3c(c2)Cc2cc(N(c4ccccc4)c4c5ccccc5cc5ccccc45)ccc2-3)c2c3ccccc3cc3ccccc23)cc1. The van der Waals surface area contributed by atoms with Crippen LogP contribution < -0.4 is 9.80 Å². The molecule has 0 aliphatic heterocycles. The maximum absolute atomic E-state index is 2.46. The van der Waals surface area contributed by atoms with Gasteiger partial charge in [0.2, 0.25) is 0 Å². The number of anilines is 6. The first kappa shape index (κ1) is 31.4. The largest absolute Gasteiger partial charge is 0.309 e. The molecule has 0 radical (unpaired) electrons. The summed E-state index contributed by atoms with van der Waals surface area (Å²) >= 11 is 0. The van der Waals surface area contributed by atoms with Crippen LogP contribution in [0, 0.1) is 0 Å². The van der Waals surface area contributed by atoms with E-state index in [9.17, 15) is 0 Å². The van der Waals surface area contributed by atoms with E-state index >= 15 is 0 Å². The highest BCUT2D eigenvalue weighted by atomic mass is 15.2. The molecule has 0 amide bonds. The number of nitrogens with zero attached hydrogens (tertiary/aromatic N) is 2. The van der Waals surface area contributed by atoms with Crippen LogP contribution in [0.15, 0.2) is 206 Å². The molecule has 10 aromatic rings. The van der Waals surface area contributed by atoms with E-state index in [4.69, 9.17) is 0 Å². The van der Waals surface area contributed by atoms with Gasteiger partial charge in [-0.2, -0.15) is 0 Å². The molecule has 0 aromatic heterocycles. The number of para-hydroxylation sites is 2. The topological polar surface area (TPSA) is 6.48 Å². The summed E-state index contributed by atoms with van der Waals surface area (Å²) in [4.78, 5) is 4.92. The highest BCUT2D eigenvalue weighted by Crippen LogP contribution is 2.49. The van der Waals surface area contributed by atoms with Crippen LogP contribution >= 0.6 is 0 Å². The smallest absolute Gasteiger partial charge is 0.0618 e. The molecule has 0 spiro atoms. The molecule has 0 heterocycles. The number of benzene rings is 10. The van der Waals surface area contributed by atoms with Crippen LogP contribution in [0.1, 0.15) is 11.1 Å². The molecule has 0 unspecified atom stereocenters. The van der Waals surface area contributed by atoms with Crippen molar-refractivity contribution < 1.29 is 0 Å². The first-order valence-corrected chi connectivity index (χ1v) is 19.1. The second kappa shape index (κ2) is 12.8. The zero-order valence-electron chi connectivity index (χ0n) is 30.2. The monoisotopic (exact) mass is 700 g/mol. The van der Waals surface area contributed by atoms with Crippen molar-refractivity contribution in [1.82, 2.24) is 0 Å². The van der Waals surface area contributed by atoms with Gasteiger partial charge >= 0.3 is 0 Å². The highest BCUT2D eigenvalue weighted by Gasteiger charge is 2.26. The fourth-order valence-electron chi connectivity index (χ4n) is 8.89. The molecule has 11 rings (SSSR count). The Morgan fingerprint density at radius 2 is 0.600 bits per heavy atom. The lowest BCUT2D eigenvalue weighted by atomic mass is 9.98. The Morgan fingerprint density at radius 1 is 0.273 bits per heavy atom. The summed E-state index contributed by atoms with van der Waals surface area (Å²) in [6.07, 6.45) is 0.865. The summed E-state index contributed by atoms with van der Waals surface area (Å²) < 4.78 is 0. The summed E-state index contributed by atoms with van der Waals surface area (Å²) in [5.41, 5.74) is 12.3. The third kappa shape index (κ3) is 5.18. The zero-order chi connectivity index (χ0) is 36.3. The minimum atomic E-state index is 0.865. The van der Waals surface area contributed by atoms with E-state index in [1.165, 1.54) is 76.7 Å². The lowest BCUT2D eigenvalue weighted by molar-refractivity contribution is 1.23. The summed E-state index contributed by atoms with van der Waals surface area (Å²) in [6.45, 7) is 0. The quantitative estimate of drug-likeness (QED) is 0.159. The zero-order valence-corrected chi connectivity index (χ0v) is 30.2.